The number of hydrogen-bond donors (Lipinski definition) is 2. The van der Waals surface area contributed by atoms with E-state index in [0.29, 0.717) is 10.5 Å². The zero-order valence-electron chi connectivity index (χ0n) is 6.94. The van der Waals surface area contributed by atoms with Crippen LogP contribution in [-0.2, 0) is 20.9 Å². The molecule has 0 aromatic carbocycles. The van der Waals surface area contributed by atoms with Crippen LogP contribution < -0.4 is 0 Å². The van der Waals surface area contributed by atoms with E-state index in [-0.39, 0.29) is 6.42 Å². The summed E-state index contributed by atoms with van der Waals surface area (Å²) in [6, 6.07) is 0. The maximum absolute atomic E-state index is 11.3. The number of thiophene rings is 1. The van der Waals surface area contributed by atoms with Gasteiger partial charge in [0.25, 0.3) is 0 Å². The van der Waals surface area contributed by atoms with E-state index in [2.05, 4.69) is 0 Å². The number of rotatable bonds is 3. The third kappa shape index (κ3) is 2.53. The summed E-state index contributed by atoms with van der Waals surface area (Å²) < 4.78 is 18.6. The Hall–Kier alpha value is -0.880. The lowest BCUT2D eigenvalue weighted by Gasteiger charge is -2.00. The van der Waals surface area contributed by atoms with Gasteiger partial charge in [-0.1, -0.05) is 0 Å². The molecule has 72 valence electrons. The molecule has 0 saturated heterocycles. The van der Waals surface area contributed by atoms with Crippen molar-refractivity contribution in [1.82, 2.24) is 0 Å². The zero-order valence-corrected chi connectivity index (χ0v) is 8.58. The summed E-state index contributed by atoms with van der Waals surface area (Å²) >= 11 is 1.27. The van der Waals surface area contributed by atoms with E-state index in [9.17, 15) is 9.00 Å². The third-order valence-electron chi connectivity index (χ3n) is 1.46. The first-order valence-electron chi connectivity index (χ1n) is 3.42. The molecule has 0 aliphatic rings. The molecule has 13 heavy (non-hydrogen) atoms. The molecule has 1 rings (SSSR count). The highest BCUT2D eigenvalue weighted by molar-refractivity contribution is 7.91. The molecule has 4 nitrogen and oxygen atoms in total. The van der Waals surface area contributed by atoms with Crippen molar-refractivity contribution in [1.29, 1.82) is 4.78 Å². The third-order valence-corrected chi connectivity index (χ3v) is 3.62. The van der Waals surface area contributed by atoms with Crippen molar-refractivity contribution >= 4 is 27.0 Å². The topological polar surface area (TPSA) is 78.2 Å². The van der Waals surface area contributed by atoms with Gasteiger partial charge in [-0.2, -0.15) is 11.3 Å². The normalized spacial score (nSPS) is 15.2. The van der Waals surface area contributed by atoms with Gasteiger partial charge < -0.3 is 5.11 Å². The number of carboxylic acids is 1. The molecule has 1 aromatic heterocycles. The van der Waals surface area contributed by atoms with E-state index < -0.39 is 15.7 Å². The lowest BCUT2D eigenvalue weighted by molar-refractivity contribution is -0.136. The molecule has 0 bridgehead atoms. The Kier molecular flexibility index (Phi) is 2.72. The predicted molar refractivity (Wildman–Crippen MR) is 50.7 cm³/mol. The molecular weight excluding hydrogens is 210 g/mol. The highest BCUT2D eigenvalue weighted by atomic mass is 32.2. The monoisotopic (exact) mass is 219 g/mol. The number of nitrogens with one attached hydrogen (secondary N) is 1. The van der Waals surface area contributed by atoms with Gasteiger partial charge in [-0.15, -0.1) is 0 Å². The van der Waals surface area contributed by atoms with E-state index in [1.54, 1.807) is 10.8 Å². The molecule has 2 N–H and O–H groups in total. The Morgan fingerprint density at radius 2 is 2.31 bits per heavy atom. The minimum Gasteiger partial charge on any atom is -0.481 e. The Labute approximate surface area is 80.2 Å². The van der Waals surface area contributed by atoms with Crippen molar-refractivity contribution in [3.8, 4) is 0 Å². The average molecular weight is 219 g/mol. The Bertz CT molecular complexity index is 419. The van der Waals surface area contributed by atoms with Crippen molar-refractivity contribution < 1.29 is 14.1 Å². The fourth-order valence-electron chi connectivity index (χ4n) is 0.945. The summed E-state index contributed by atoms with van der Waals surface area (Å²) in [5.74, 6) is -0.969. The predicted octanol–water partition coefficient (Wildman–Crippen LogP) is 1.41. The molecule has 1 atom stereocenters. The van der Waals surface area contributed by atoms with Crippen molar-refractivity contribution in [2.24, 2.45) is 0 Å². The van der Waals surface area contributed by atoms with Gasteiger partial charge in [-0.05, 0) is 10.9 Å². The number of carboxylic acid groups (broad SMARTS) is 1. The van der Waals surface area contributed by atoms with E-state index in [0.717, 1.165) is 0 Å². The minimum atomic E-state index is -2.79. The Morgan fingerprint density at radius 1 is 1.69 bits per heavy atom. The van der Waals surface area contributed by atoms with Gasteiger partial charge in [-0.25, -0.2) is 8.99 Å². The first kappa shape index (κ1) is 10.2. The first-order valence-corrected chi connectivity index (χ1v) is 6.33. The summed E-state index contributed by atoms with van der Waals surface area (Å²) in [6.45, 7) is 0. The van der Waals surface area contributed by atoms with E-state index >= 15 is 0 Å². The fourth-order valence-corrected chi connectivity index (χ4v) is 3.27. The van der Waals surface area contributed by atoms with Crippen LogP contribution in [0.2, 0.25) is 0 Å². The molecule has 1 aromatic rings. The van der Waals surface area contributed by atoms with Crippen molar-refractivity contribution in [3.63, 3.8) is 0 Å². The summed E-state index contributed by atoms with van der Waals surface area (Å²) in [6.07, 6.45) is 1.13. The lowest BCUT2D eigenvalue weighted by Crippen LogP contribution is -2.04. The van der Waals surface area contributed by atoms with Crippen molar-refractivity contribution in [2.75, 3.05) is 6.26 Å². The standard InChI is InChI=1S/C7H9NO3S2/c1-13(8,11)6-4-12-3-5(6)2-7(9)10/h3-4,8H,2H2,1H3,(H,9,10). The second kappa shape index (κ2) is 3.47. The van der Waals surface area contributed by atoms with Crippen molar-refractivity contribution in [3.05, 3.63) is 16.3 Å². The summed E-state index contributed by atoms with van der Waals surface area (Å²) in [7, 11) is -2.79. The van der Waals surface area contributed by atoms with Crippen LogP contribution in [0.1, 0.15) is 5.56 Å². The SMILES string of the molecule is CS(=N)(=O)c1cscc1CC(=O)O. The van der Waals surface area contributed by atoms with Gasteiger partial charge >= 0.3 is 5.97 Å². The van der Waals surface area contributed by atoms with Crippen LogP contribution in [0.4, 0.5) is 0 Å². The largest absolute Gasteiger partial charge is 0.481 e. The van der Waals surface area contributed by atoms with Crippen molar-refractivity contribution in [2.45, 2.75) is 11.3 Å². The molecule has 0 aliphatic carbocycles. The molecule has 0 amide bonds. The van der Waals surface area contributed by atoms with Crippen LogP contribution in [-0.4, -0.2) is 21.5 Å². The molecule has 0 radical (unpaired) electrons. The van der Waals surface area contributed by atoms with E-state index in [4.69, 9.17) is 9.89 Å². The Morgan fingerprint density at radius 3 is 2.77 bits per heavy atom. The second-order valence-electron chi connectivity index (χ2n) is 2.68. The Balaban J connectivity index is 3.11. The van der Waals surface area contributed by atoms with Crippen LogP contribution >= 0.6 is 11.3 Å². The highest BCUT2D eigenvalue weighted by Gasteiger charge is 2.13. The molecule has 0 spiro atoms. The molecule has 0 fully saturated rings. The van der Waals surface area contributed by atoms with E-state index in [1.807, 2.05) is 0 Å². The van der Waals surface area contributed by atoms with Gasteiger partial charge in [0.15, 0.2) is 0 Å². The van der Waals surface area contributed by atoms with Crippen LogP contribution in [0.25, 0.3) is 0 Å². The van der Waals surface area contributed by atoms with Crippen LogP contribution in [0.15, 0.2) is 15.7 Å². The van der Waals surface area contributed by atoms with Crippen LogP contribution in [0.3, 0.4) is 0 Å². The average Bonchev–Trinajstić information content (AvgIpc) is 2.31. The second-order valence-corrected chi connectivity index (χ2v) is 5.55. The highest BCUT2D eigenvalue weighted by Crippen LogP contribution is 2.21. The first-order chi connectivity index (χ1) is 5.91. The van der Waals surface area contributed by atoms with Gasteiger partial charge in [0, 0.05) is 11.6 Å². The smallest absolute Gasteiger partial charge is 0.307 e. The zero-order chi connectivity index (χ0) is 10.1. The molecule has 1 heterocycles. The van der Waals surface area contributed by atoms with Crippen LogP contribution in [0.5, 0.6) is 0 Å². The number of carbonyl (C=O) groups is 1. The minimum absolute atomic E-state index is 0.164. The molecule has 0 saturated carbocycles. The summed E-state index contributed by atoms with van der Waals surface area (Å²) in [5, 5.41) is 11.7. The number of hydrogen-bond acceptors (Lipinski definition) is 4. The van der Waals surface area contributed by atoms with Gasteiger partial charge in [-0.3, -0.25) is 4.79 Å². The quantitative estimate of drug-likeness (QED) is 0.806. The molecule has 1 unspecified atom stereocenters. The van der Waals surface area contributed by atoms with Gasteiger partial charge in [0.1, 0.15) is 0 Å². The number of aliphatic carboxylic acids is 1. The molecule has 6 heteroatoms. The van der Waals surface area contributed by atoms with E-state index in [1.165, 1.54) is 17.6 Å². The van der Waals surface area contributed by atoms with Crippen LogP contribution in [0, 0.1) is 4.78 Å². The molecular formula is C7H9NO3S2. The fraction of sp³-hybridized carbons (Fsp3) is 0.286. The van der Waals surface area contributed by atoms with Gasteiger partial charge in [0.2, 0.25) is 0 Å². The van der Waals surface area contributed by atoms with Gasteiger partial charge in [0.05, 0.1) is 21.0 Å². The maximum atomic E-state index is 11.3. The molecule has 0 aliphatic heterocycles. The summed E-state index contributed by atoms with van der Waals surface area (Å²) in [5.41, 5.74) is 0.486. The summed E-state index contributed by atoms with van der Waals surface area (Å²) in [4.78, 5) is 10.7. The lowest BCUT2D eigenvalue weighted by atomic mass is 10.2. The maximum Gasteiger partial charge on any atom is 0.307 e.